The van der Waals surface area contributed by atoms with Crippen LogP contribution < -0.4 is 165 Å². The number of rotatable bonds is 21. The number of hydrogen-bond acceptors (Lipinski definition) is 22. The Morgan fingerprint density at radius 1 is 0.559 bits per heavy atom. The van der Waals surface area contributed by atoms with E-state index in [1.165, 1.54) is 26.4 Å². The van der Waals surface area contributed by atoms with Crippen molar-refractivity contribution in [3.8, 4) is 57.5 Å². The van der Waals surface area contributed by atoms with Crippen LogP contribution in [0.4, 0.5) is 39.5 Å². The van der Waals surface area contributed by atoms with Gasteiger partial charge in [-0.2, -0.15) is 0 Å². The van der Waals surface area contributed by atoms with Crippen LogP contribution in [0.5, 0.6) is 57.5 Å². The fraction of sp³-hybridized carbons (Fsp3) is 0.347. The third kappa shape index (κ3) is 46.8. The molecule has 0 saturated carbocycles. The summed E-state index contributed by atoms with van der Waals surface area (Å²) >= 11 is 5.24. The number of carboxylic acid groups (broad SMARTS) is 3. The monoisotopic (exact) mass is 1670 g/mol. The molecule has 111 heavy (non-hydrogen) atoms. The van der Waals surface area contributed by atoms with E-state index in [4.69, 9.17) is 84.8 Å². The van der Waals surface area contributed by atoms with Gasteiger partial charge in [0.25, 0.3) is 12.9 Å². The number of fused-ring (bicyclic) bond motifs is 2. The van der Waals surface area contributed by atoms with Gasteiger partial charge < -0.3 is 90.6 Å². The Bertz CT molecular complexity index is 3940. The van der Waals surface area contributed by atoms with Crippen molar-refractivity contribution in [2.75, 3.05) is 47.0 Å². The van der Waals surface area contributed by atoms with Crippen LogP contribution in [0, 0.1) is 0 Å². The predicted molar refractivity (Wildman–Crippen MR) is 380 cm³/mol. The number of allylic oxidation sites excluding steroid dienone is 2. The molecule has 7 rings (SSSR count). The van der Waals surface area contributed by atoms with E-state index in [0.717, 1.165) is 59.5 Å². The third-order valence-corrected chi connectivity index (χ3v) is 12.4. The van der Waals surface area contributed by atoms with E-state index in [0.29, 0.717) is 69.2 Å². The first-order valence-corrected chi connectivity index (χ1v) is 30.4. The van der Waals surface area contributed by atoms with Crippen molar-refractivity contribution in [1.82, 2.24) is 0 Å². The van der Waals surface area contributed by atoms with Gasteiger partial charge in [-0.15, -0.1) is 51.1 Å². The van der Waals surface area contributed by atoms with E-state index in [1.807, 2.05) is 46.8 Å². The summed E-state index contributed by atoms with van der Waals surface area (Å²) in [6, 6.07) is 14.0. The first-order valence-electron chi connectivity index (χ1n) is 29.9. The molecule has 0 aliphatic carbocycles. The number of alkyl halides is 10. The molecule has 0 atom stereocenters. The molecular weight excluding hydrogens is 1580 g/mol. The molecule has 0 spiro atoms. The zero-order chi connectivity index (χ0) is 82.0. The van der Waals surface area contributed by atoms with E-state index in [9.17, 15) is 68.6 Å². The van der Waals surface area contributed by atoms with Crippen molar-refractivity contribution in [2.24, 2.45) is 0 Å². The largest absolute Gasteiger partial charge is 1.00 e. The van der Waals surface area contributed by atoms with E-state index in [2.05, 4.69) is 52.0 Å². The normalized spacial score (nSPS) is 11.5. The number of aromatic hydroxyl groups is 2. The van der Waals surface area contributed by atoms with Gasteiger partial charge in [-0.1, -0.05) is 51.5 Å². The van der Waals surface area contributed by atoms with Crippen LogP contribution in [0.1, 0.15) is 141 Å². The molecule has 0 radical (unpaired) electrons. The molecule has 0 aromatic heterocycles. The number of methoxy groups -OCH3 is 3. The molecule has 2 aliphatic rings. The molecule has 0 fully saturated rings. The summed E-state index contributed by atoms with van der Waals surface area (Å²) in [6.45, 7) is 33.8. The summed E-state index contributed by atoms with van der Waals surface area (Å²) in [7, 11) is 4.45. The Balaban J connectivity index is -0.000000194. The van der Waals surface area contributed by atoms with E-state index < -0.39 is 88.8 Å². The topological polar surface area (TPSA) is 354 Å². The third-order valence-electron chi connectivity index (χ3n) is 12.0. The summed E-state index contributed by atoms with van der Waals surface area (Å²) in [5, 5.41) is 52.0. The van der Waals surface area contributed by atoms with Gasteiger partial charge in [0.15, 0.2) is 17.4 Å². The maximum absolute atomic E-state index is 12.4. The molecule has 39 heteroatoms. The molecule has 0 bridgehead atoms. The zero-order valence-corrected chi connectivity index (χ0v) is 69.3. The number of phenolic OH excluding ortho intramolecular Hbond substituents is 1. The summed E-state index contributed by atoms with van der Waals surface area (Å²) in [6.07, 6.45) is -13.1. The zero-order valence-electron chi connectivity index (χ0n) is 64.2. The predicted octanol–water partition coefficient (Wildman–Crippen LogP) is 5.33. The summed E-state index contributed by atoms with van der Waals surface area (Å²) in [5.74, 6) is -4.75. The van der Waals surface area contributed by atoms with Gasteiger partial charge in [-0.05, 0) is 158 Å². The Morgan fingerprint density at radius 2 is 0.910 bits per heavy atom. The number of carbonyl (C=O) groups is 7. The number of benzene rings is 5. The van der Waals surface area contributed by atoms with Gasteiger partial charge in [0.2, 0.25) is 0 Å². The Hall–Kier alpha value is -6.89. The van der Waals surface area contributed by atoms with Crippen LogP contribution in [-0.2, 0) is 47.9 Å². The fourth-order valence-electron chi connectivity index (χ4n) is 8.10. The second-order valence-corrected chi connectivity index (χ2v) is 23.6. The van der Waals surface area contributed by atoms with Crippen molar-refractivity contribution in [3.05, 3.63) is 178 Å². The minimum absolute atomic E-state index is 0. The average Bonchev–Trinajstić information content (AvgIpc) is 1.72. The quantitative estimate of drug-likeness (QED) is 0.00713. The van der Waals surface area contributed by atoms with E-state index in [-0.39, 0.29) is 222 Å². The minimum Gasteiger partial charge on any atom is -1.00 e. The summed E-state index contributed by atoms with van der Waals surface area (Å²) in [4.78, 5) is 76.8. The molecule has 0 unspecified atom stereocenters. The SMILES string of the molecule is C.C=C(C)CCl.C=C(C)COC(=O)c1cc(OC(F)(F)F)cc(CC(=C)C)c1O.C=C(C)COC(=O)c1cc(OC(F)(F)F)ccc1OCC(=C)C.COC(=O)c1cc(OC)cc2c1OC(C)(C)C2.COc1cc2c(c(C(=O)O)c1)OC(C)(C)C2.O=C(O)c1cc(OC(F)(F)F)ccc1O.O=CO.O=CO[O-].[AlH3].[H-].[H-].[K+].[K+].[Li+]. The van der Waals surface area contributed by atoms with Crippen molar-refractivity contribution in [1.29, 1.82) is 0 Å². The summed E-state index contributed by atoms with van der Waals surface area (Å²) < 4.78 is 162. The Morgan fingerprint density at radius 3 is 1.26 bits per heavy atom. The maximum Gasteiger partial charge on any atom is 1.00 e. The van der Waals surface area contributed by atoms with Crippen molar-refractivity contribution < 1.29 is 285 Å². The van der Waals surface area contributed by atoms with Crippen molar-refractivity contribution in [3.63, 3.8) is 0 Å². The van der Waals surface area contributed by atoms with Crippen LogP contribution in [0.25, 0.3) is 0 Å². The van der Waals surface area contributed by atoms with Gasteiger partial charge in [0.1, 0.15) is 116 Å². The van der Waals surface area contributed by atoms with Crippen molar-refractivity contribution >= 4 is 71.8 Å². The second kappa shape index (κ2) is 54.8. The Kier molecular flexibility index (Phi) is 56.7. The minimum atomic E-state index is -4.92. The van der Waals surface area contributed by atoms with Crippen molar-refractivity contribution in [2.45, 2.75) is 119 Å². The number of carbonyl (C=O) groups excluding carboxylic acids is 4. The number of halogens is 10. The number of aromatic carboxylic acids is 2. The average molecular weight is 1670 g/mol. The van der Waals surface area contributed by atoms with Gasteiger partial charge in [0, 0.05) is 35.4 Å². The summed E-state index contributed by atoms with van der Waals surface area (Å²) in [5.41, 5.74) is 4.09. The van der Waals surface area contributed by atoms with Gasteiger partial charge >= 0.3 is 171 Å². The second-order valence-electron chi connectivity index (χ2n) is 23.3. The number of hydrogen-bond donors (Lipinski definition) is 5. The van der Waals surface area contributed by atoms with Crippen LogP contribution >= 0.6 is 11.6 Å². The molecule has 602 valence electrons. The van der Waals surface area contributed by atoms with Crippen LogP contribution in [-0.4, -0.2) is 163 Å². The standard InChI is InChI=1S/2C16H17F3O4.C13H16O4.C12H14O4.C8H5F3O4.C4H7Cl.CH2O3.CH2O2.CH4.Al.2K.Li.5H/c1-9(2)5-11-6-12(23-16(17,18)19)7-13(14(11)20)15(21)22-8-10(3)4;1-10(2)8-21-14-6-5-12(23-16(17,18)19)7-13(14)15(20)22-9-11(3)4;1-13(2)7-8-5-9(15-3)6-10(11(8)17-13)12(14)16-4;1-12(2)6-7-4-8(15-3)5-9(11(13)14)10(7)16-12;9-8(10,11)15-4-1-2-6(12)5(3-4)7(13)14;1-4(2)3-5;2-1-4-3;2-1-3;;;;;;;;;;/h6-7,20H,1,3,5,8H2,2,4H3;5-7H,1,3,8-9H2,2,4H3;5-6H,7H2,1-4H3;4-5H,6H2,1-3H3,(H,13,14);1-3,12H,(H,13,14);1,3H2,2H3;1,3H;1H,(H,2,3);1H4;;;;;;;;;/q;;;;;;;;;;3*+1;;;;2*-1/p-1. The molecular formula is C72H88AlClF9K2LiO25. The molecule has 5 aromatic carbocycles. The molecule has 5 N–H and O–H groups in total. The van der Waals surface area contributed by atoms with E-state index >= 15 is 0 Å². The molecule has 25 nitrogen and oxygen atoms in total. The van der Waals surface area contributed by atoms with E-state index in [1.54, 1.807) is 40.9 Å². The molecule has 2 aliphatic heterocycles. The molecule has 2 heterocycles. The van der Waals surface area contributed by atoms with Crippen LogP contribution in [0.15, 0.2) is 134 Å². The Labute approximate surface area is 751 Å². The molecule has 5 aromatic rings. The number of carboxylic acids is 2. The first-order chi connectivity index (χ1) is 48.9. The fourth-order valence-corrected chi connectivity index (χ4v) is 8.10. The van der Waals surface area contributed by atoms with Crippen LogP contribution in [0.3, 0.4) is 0 Å². The number of esters is 3. The maximum atomic E-state index is 12.4. The number of ether oxygens (including phenoxy) is 11. The first kappa shape index (κ1) is 115. The smallest absolute Gasteiger partial charge is 1.00 e. The van der Waals surface area contributed by atoms with Gasteiger partial charge in [-0.25, -0.2) is 24.0 Å². The van der Waals surface area contributed by atoms with Crippen LogP contribution in [0.2, 0.25) is 0 Å². The number of phenols is 2. The van der Waals surface area contributed by atoms with Gasteiger partial charge in [0.05, 0.1) is 21.3 Å². The van der Waals surface area contributed by atoms with Gasteiger partial charge in [-0.3, -0.25) is 9.59 Å². The molecule has 0 saturated heterocycles. The molecule has 0 amide bonds.